The average molecular weight is 277 g/mol. The van der Waals surface area contributed by atoms with Crippen LogP contribution < -0.4 is 10.2 Å². The number of aromatic nitrogens is 1. The minimum Gasteiger partial charge on any atom is -0.481 e. The smallest absolute Gasteiger partial charge is 0.309 e. The van der Waals surface area contributed by atoms with Crippen molar-refractivity contribution in [3.05, 3.63) is 35.3 Å². The van der Waals surface area contributed by atoms with Gasteiger partial charge in [0.25, 0.3) is 0 Å². The predicted octanol–water partition coefficient (Wildman–Crippen LogP) is 2.58. The summed E-state index contributed by atoms with van der Waals surface area (Å²) in [5.41, 5.74) is 2.57. The molecule has 0 atom stereocenters. The lowest BCUT2D eigenvalue weighted by Crippen LogP contribution is -2.10. The molecule has 0 amide bonds. The van der Waals surface area contributed by atoms with E-state index in [-0.39, 0.29) is 6.42 Å². The number of carboxylic acids is 1. The number of rotatable bonds is 5. The van der Waals surface area contributed by atoms with Gasteiger partial charge in [0.05, 0.1) is 23.5 Å². The van der Waals surface area contributed by atoms with Crippen molar-refractivity contribution in [2.75, 3.05) is 24.3 Å². The van der Waals surface area contributed by atoms with Gasteiger partial charge in [0.1, 0.15) is 0 Å². The number of nitrogens with zero attached hydrogens (tertiary/aromatic N) is 2. The van der Waals surface area contributed by atoms with E-state index in [1.165, 1.54) is 11.3 Å². The van der Waals surface area contributed by atoms with Gasteiger partial charge in [0.2, 0.25) is 0 Å². The maximum Gasteiger partial charge on any atom is 0.309 e. The minimum absolute atomic E-state index is 0.0481. The fourth-order valence-electron chi connectivity index (χ4n) is 1.69. The summed E-state index contributed by atoms with van der Waals surface area (Å²) < 4.78 is 0. The highest BCUT2D eigenvalue weighted by atomic mass is 32.1. The summed E-state index contributed by atoms with van der Waals surface area (Å²) in [5, 5.41) is 14.4. The lowest BCUT2D eigenvalue weighted by atomic mass is 10.2. The summed E-state index contributed by atoms with van der Waals surface area (Å²) in [6, 6.07) is 7.89. The van der Waals surface area contributed by atoms with Crippen LogP contribution >= 0.6 is 11.3 Å². The molecule has 0 radical (unpaired) electrons. The Balaban J connectivity index is 2.17. The van der Waals surface area contributed by atoms with Crippen LogP contribution in [0.5, 0.6) is 0 Å². The Morgan fingerprint density at radius 3 is 2.84 bits per heavy atom. The first kappa shape index (κ1) is 13.4. The van der Waals surface area contributed by atoms with Crippen molar-refractivity contribution in [1.82, 2.24) is 4.98 Å². The summed E-state index contributed by atoms with van der Waals surface area (Å²) in [6.45, 7) is 0. The van der Waals surface area contributed by atoms with Gasteiger partial charge in [0.15, 0.2) is 5.13 Å². The number of anilines is 3. The third-order valence-electron chi connectivity index (χ3n) is 2.51. The SMILES string of the molecule is CN(C)c1ccccc1Nc1nc(CC(=O)O)cs1. The van der Waals surface area contributed by atoms with E-state index in [4.69, 9.17) is 5.11 Å². The lowest BCUT2D eigenvalue weighted by molar-refractivity contribution is -0.136. The number of benzene rings is 1. The molecule has 0 spiro atoms. The third-order valence-corrected chi connectivity index (χ3v) is 3.32. The lowest BCUT2D eigenvalue weighted by Gasteiger charge is -2.17. The molecule has 2 aromatic rings. The average Bonchev–Trinajstić information content (AvgIpc) is 2.76. The van der Waals surface area contributed by atoms with Gasteiger partial charge in [0, 0.05) is 19.5 Å². The van der Waals surface area contributed by atoms with Gasteiger partial charge in [-0.25, -0.2) is 4.98 Å². The molecule has 0 unspecified atom stereocenters. The highest BCUT2D eigenvalue weighted by Gasteiger charge is 2.08. The van der Waals surface area contributed by atoms with Gasteiger partial charge in [-0.2, -0.15) is 0 Å². The minimum atomic E-state index is -0.870. The second-order valence-electron chi connectivity index (χ2n) is 4.25. The van der Waals surface area contributed by atoms with Gasteiger partial charge in [-0.3, -0.25) is 4.79 Å². The zero-order chi connectivity index (χ0) is 13.8. The molecule has 100 valence electrons. The van der Waals surface area contributed by atoms with Crippen LogP contribution in [-0.4, -0.2) is 30.2 Å². The van der Waals surface area contributed by atoms with Crippen molar-refractivity contribution in [3.8, 4) is 0 Å². The number of carboxylic acid groups (broad SMARTS) is 1. The largest absolute Gasteiger partial charge is 0.481 e. The number of nitrogens with one attached hydrogen (secondary N) is 1. The second-order valence-corrected chi connectivity index (χ2v) is 5.11. The molecule has 0 bridgehead atoms. The molecule has 1 aromatic carbocycles. The Labute approximate surface area is 115 Å². The molecule has 5 nitrogen and oxygen atoms in total. The zero-order valence-electron chi connectivity index (χ0n) is 10.8. The third kappa shape index (κ3) is 3.45. The molecule has 2 rings (SSSR count). The van der Waals surface area contributed by atoms with Crippen LogP contribution in [-0.2, 0) is 11.2 Å². The molecule has 0 fully saturated rings. The molecular weight excluding hydrogens is 262 g/mol. The van der Waals surface area contributed by atoms with Gasteiger partial charge >= 0.3 is 5.97 Å². The van der Waals surface area contributed by atoms with Crippen molar-refractivity contribution < 1.29 is 9.90 Å². The Morgan fingerprint density at radius 1 is 1.42 bits per heavy atom. The van der Waals surface area contributed by atoms with Crippen LogP contribution in [0.1, 0.15) is 5.69 Å². The quantitative estimate of drug-likeness (QED) is 0.879. The monoisotopic (exact) mass is 277 g/mol. The number of para-hydroxylation sites is 2. The second kappa shape index (κ2) is 5.71. The Kier molecular flexibility index (Phi) is 4.01. The van der Waals surface area contributed by atoms with Crippen molar-refractivity contribution in [3.63, 3.8) is 0 Å². The van der Waals surface area contributed by atoms with Crippen molar-refractivity contribution >= 4 is 33.8 Å². The molecule has 2 N–H and O–H groups in total. The van der Waals surface area contributed by atoms with E-state index in [0.29, 0.717) is 10.8 Å². The van der Waals surface area contributed by atoms with Crippen LogP contribution in [0, 0.1) is 0 Å². The zero-order valence-corrected chi connectivity index (χ0v) is 11.6. The van der Waals surface area contributed by atoms with Crippen molar-refractivity contribution in [2.45, 2.75) is 6.42 Å². The number of aliphatic carboxylic acids is 1. The fourth-order valence-corrected chi connectivity index (χ4v) is 2.41. The molecule has 0 aliphatic heterocycles. The highest BCUT2D eigenvalue weighted by Crippen LogP contribution is 2.28. The molecule has 0 aliphatic carbocycles. The van der Waals surface area contributed by atoms with E-state index in [2.05, 4.69) is 10.3 Å². The van der Waals surface area contributed by atoms with Crippen molar-refractivity contribution in [1.29, 1.82) is 0 Å². The number of carbonyl (C=O) groups is 1. The molecule has 1 heterocycles. The van der Waals surface area contributed by atoms with Gasteiger partial charge in [-0.15, -0.1) is 11.3 Å². The summed E-state index contributed by atoms with van der Waals surface area (Å²) in [5.74, 6) is -0.870. The fraction of sp³-hybridized carbons (Fsp3) is 0.231. The first-order valence-corrected chi connectivity index (χ1v) is 6.64. The highest BCUT2D eigenvalue weighted by molar-refractivity contribution is 7.13. The van der Waals surface area contributed by atoms with Crippen LogP contribution in [0.25, 0.3) is 0 Å². The Hall–Kier alpha value is -2.08. The van der Waals surface area contributed by atoms with Gasteiger partial charge in [-0.05, 0) is 12.1 Å². The van der Waals surface area contributed by atoms with E-state index < -0.39 is 5.97 Å². The summed E-state index contributed by atoms with van der Waals surface area (Å²) in [4.78, 5) is 16.9. The van der Waals surface area contributed by atoms with E-state index in [1.54, 1.807) is 5.38 Å². The molecule has 0 saturated carbocycles. The molecule has 19 heavy (non-hydrogen) atoms. The number of thiazole rings is 1. The predicted molar refractivity (Wildman–Crippen MR) is 77.5 cm³/mol. The normalized spacial score (nSPS) is 10.2. The molecule has 6 heteroatoms. The Bertz CT molecular complexity index is 581. The Morgan fingerprint density at radius 2 is 2.16 bits per heavy atom. The molecular formula is C13H15N3O2S. The van der Waals surface area contributed by atoms with Crippen molar-refractivity contribution in [2.24, 2.45) is 0 Å². The molecule has 0 aliphatic rings. The molecule has 1 aromatic heterocycles. The van der Waals surface area contributed by atoms with Crippen LogP contribution in [0.2, 0.25) is 0 Å². The van der Waals surface area contributed by atoms with Crippen LogP contribution in [0.3, 0.4) is 0 Å². The summed E-state index contributed by atoms with van der Waals surface area (Å²) in [7, 11) is 3.94. The first-order valence-electron chi connectivity index (χ1n) is 5.76. The molecule has 0 saturated heterocycles. The summed E-state index contributed by atoms with van der Waals surface area (Å²) in [6.07, 6.45) is -0.0481. The first-order chi connectivity index (χ1) is 9.06. The topological polar surface area (TPSA) is 65.5 Å². The van der Waals surface area contributed by atoms with Crippen LogP contribution in [0.15, 0.2) is 29.6 Å². The number of hydrogen-bond acceptors (Lipinski definition) is 5. The van der Waals surface area contributed by atoms with Crippen LogP contribution in [0.4, 0.5) is 16.5 Å². The van der Waals surface area contributed by atoms with E-state index >= 15 is 0 Å². The van der Waals surface area contributed by atoms with Gasteiger partial charge < -0.3 is 15.3 Å². The standard InChI is InChI=1S/C13H15N3O2S/c1-16(2)11-6-4-3-5-10(11)15-13-14-9(8-19-13)7-12(17)18/h3-6,8H,7H2,1-2H3,(H,14,15)(H,17,18). The van der Waals surface area contributed by atoms with E-state index in [9.17, 15) is 4.79 Å². The maximum atomic E-state index is 10.6. The van der Waals surface area contributed by atoms with Gasteiger partial charge in [-0.1, -0.05) is 12.1 Å². The van der Waals surface area contributed by atoms with E-state index in [1.807, 2.05) is 43.3 Å². The van der Waals surface area contributed by atoms with E-state index in [0.717, 1.165) is 11.4 Å². The summed E-state index contributed by atoms with van der Waals surface area (Å²) >= 11 is 1.40. The number of hydrogen-bond donors (Lipinski definition) is 2. The maximum absolute atomic E-state index is 10.6.